The van der Waals surface area contributed by atoms with Gasteiger partial charge in [0, 0.05) is 19.5 Å². The van der Waals surface area contributed by atoms with E-state index in [2.05, 4.69) is 70.5 Å². The number of carbonyl (C=O) groups excluding carboxylic acids is 1. The molecule has 4 rings (SSSR count). The Labute approximate surface area is 181 Å². The minimum atomic E-state index is 0.340. The van der Waals surface area contributed by atoms with Crippen molar-refractivity contribution in [2.45, 2.75) is 44.9 Å². The third-order valence-electron chi connectivity index (χ3n) is 6.51. The van der Waals surface area contributed by atoms with Gasteiger partial charge in [0.15, 0.2) is 0 Å². The minimum Gasteiger partial charge on any atom is -0.342 e. The molecule has 0 spiro atoms. The van der Waals surface area contributed by atoms with Crippen molar-refractivity contribution in [2.75, 3.05) is 32.7 Å². The first-order chi connectivity index (χ1) is 14.8. The Morgan fingerprint density at radius 2 is 1.30 bits per heavy atom. The summed E-state index contributed by atoms with van der Waals surface area (Å²) in [6.07, 6.45) is 7.64. The van der Waals surface area contributed by atoms with E-state index in [0.29, 0.717) is 12.3 Å². The van der Waals surface area contributed by atoms with Crippen LogP contribution in [0.2, 0.25) is 0 Å². The molecule has 2 aromatic carbocycles. The molecule has 1 amide bonds. The first-order valence-corrected chi connectivity index (χ1v) is 11.6. The third-order valence-corrected chi connectivity index (χ3v) is 6.51. The molecule has 158 valence electrons. The fraction of sp³-hybridized carbons (Fsp3) is 0.444. The van der Waals surface area contributed by atoms with Crippen LogP contribution >= 0.6 is 0 Å². The lowest BCUT2D eigenvalue weighted by molar-refractivity contribution is -0.131. The molecule has 2 saturated heterocycles. The summed E-state index contributed by atoms with van der Waals surface area (Å²) in [5, 5.41) is 0. The van der Waals surface area contributed by atoms with Gasteiger partial charge in [-0.2, -0.15) is 0 Å². The molecule has 0 radical (unpaired) electrons. The molecule has 3 nitrogen and oxygen atoms in total. The lowest BCUT2D eigenvalue weighted by atomic mass is 9.88. The first-order valence-electron chi connectivity index (χ1n) is 11.6. The summed E-state index contributed by atoms with van der Waals surface area (Å²) in [5.74, 6) is 0.340. The highest BCUT2D eigenvalue weighted by Gasteiger charge is 2.22. The maximum absolute atomic E-state index is 12.7. The third kappa shape index (κ3) is 5.40. The molecule has 0 aromatic heterocycles. The molecule has 0 unspecified atom stereocenters. The average molecular weight is 403 g/mol. The highest BCUT2D eigenvalue weighted by atomic mass is 16.2. The van der Waals surface area contributed by atoms with Crippen molar-refractivity contribution >= 4 is 11.5 Å². The lowest BCUT2D eigenvalue weighted by Gasteiger charge is -2.31. The zero-order valence-electron chi connectivity index (χ0n) is 18.1. The highest BCUT2D eigenvalue weighted by molar-refractivity contribution is 5.83. The zero-order chi connectivity index (χ0) is 20.6. The molecule has 3 heteroatoms. The van der Waals surface area contributed by atoms with Gasteiger partial charge in [-0.25, -0.2) is 0 Å². The van der Waals surface area contributed by atoms with Crippen LogP contribution in [0.3, 0.4) is 0 Å². The van der Waals surface area contributed by atoms with Crippen LogP contribution in [0, 0.1) is 0 Å². The van der Waals surface area contributed by atoms with E-state index in [4.69, 9.17) is 0 Å². The molecular formula is C27H34N2O. The van der Waals surface area contributed by atoms with Crippen LogP contribution in [-0.2, 0) is 4.79 Å². The number of carbonyl (C=O) groups is 1. The van der Waals surface area contributed by atoms with Gasteiger partial charge in [0.1, 0.15) is 0 Å². The van der Waals surface area contributed by atoms with Crippen LogP contribution in [0.25, 0.3) is 5.57 Å². The van der Waals surface area contributed by atoms with Gasteiger partial charge >= 0.3 is 0 Å². The van der Waals surface area contributed by atoms with E-state index in [9.17, 15) is 4.79 Å². The van der Waals surface area contributed by atoms with E-state index in [1.54, 1.807) is 0 Å². The fourth-order valence-electron chi connectivity index (χ4n) is 4.86. The van der Waals surface area contributed by atoms with Crippen molar-refractivity contribution in [1.82, 2.24) is 9.80 Å². The summed E-state index contributed by atoms with van der Waals surface area (Å²) in [5.41, 5.74) is 5.39. The summed E-state index contributed by atoms with van der Waals surface area (Å²) in [6, 6.07) is 21.4. The van der Waals surface area contributed by atoms with Gasteiger partial charge < -0.3 is 9.80 Å². The summed E-state index contributed by atoms with van der Waals surface area (Å²) >= 11 is 0. The number of piperidine rings is 2. The smallest absolute Gasteiger partial charge is 0.222 e. The van der Waals surface area contributed by atoms with Crippen LogP contribution in [0.15, 0.2) is 66.2 Å². The van der Waals surface area contributed by atoms with Gasteiger partial charge in [-0.1, -0.05) is 72.7 Å². The van der Waals surface area contributed by atoms with Crippen molar-refractivity contribution in [3.63, 3.8) is 0 Å². The highest BCUT2D eigenvalue weighted by Crippen LogP contribution is 2.32. The lowest BCUT2D eigenvalue weighted by Crippen LogP contribution is -2.37. The van der Waals surface area contributed by atoms with Gasteiger partial charge in [0.05, 0.1) is 0 Å². The Balaban J connectivity index is 1.37. The van der Waals surface area contributed by atoms with Crippen molar-refractivity contribution in [1.29, 1.82) is 0 Å². The standard InChI is InChI=1S/C27H34N2O/c30-26(15-10-20-28-18-8-3-9-19-28)29-21-16-25(17-22-29)27(23-11-4-1-5-12-23)24-13-6-2-7-14-24/h1-2,4-7,11-14H,3,8-10,15-22H2. The van der Waals surface area contributed by atoms with Gasteiger partial charge in [-0.3, -0.25) is 4.79 Å². The molecule has 0 atom stereocenters. The number of rotatable bonds is 6. The van der Waals surface area contributed by atoms with E-state index >= 15 is 0 Å². The Kier molecular flexibility index (Phi) is 7.36. The van der Waals surface area contributed by atoms with E-state index in [1.807, 2.05) is 0 Å². The molecule has 2 aliphatic rings. The molecule has 0 aliphatic carbocycles. The van der Waals surface area contributed by atoms with Crippen molar-refractivity contribution < 1.29 is 4.79 Å². The number of amides is 1. The van der Waals surface area contributed by atoms with E-state index in [-0.39, 0.29) is 0 Å². The topological polar surface area (TPSA) is 23.6 Å². The molecule has 2 fully saturated rings. The van der Waals surface area contributed by atoms with Crippen LogP contribution in [-0.4, -0.2) is 48.4 Å². The second-order valence-corrected chi connectivity index (χ2v) is 8.60. The quantitative estimate of drug-likeness (QED) is 0.648. The van der Waals surface area contributed by atoms with Crippen molar-refractivity contribution in [3.8, 4) is 0 Å². The molecule has 30 heavy (non-hydrogen) atoms. The van der Waals surface area contributed by atoms with Gasteiger partial charge in [0.2, 0.25) is 5.91 Å². The number of hydrogen-bond donors (Lipinski definition) is 0. The van der Waals surface area contributed by atoms with E-state index in [0.717, 1.165) is 38.9 Å². The van der Waals surface area contributed by atoms with Gasteiger partial charge in [-0.15, -0.1) is 0 Å². The zero-order valence-corrected chi connectivity index (χ0v) is 18.1. The monoisotopic (exact) mass is 402 g/mol. The van der Waals surface area contributed by atoms with E-state index < -0.39 is 0 Å². The molecule has 0 N–H and O–H groups in total. The number of benzene rings is 2. The molecule has 2 heterocycles. The minimum absolute atomic E-state index is 0.340. The fourth-order valence-corrected chi connectivity index (χ4v) is 4.86. The molecule has 0 bridgehead atoms. The molecule has 2 aromatic rings. The Morgan fingerprint density at radius 1 is 0.733 bits per heavy atom. The Hall–Kier alpha value is -2.39. The average Bonchev–Trinajstić information content (AvgIpc) is 2.82. The Bertz CT molecular complexity index is 786. The van der Waals surface area contributed by atoms with E-state index in [1.165, 1.54) is 54.6 Å². The second-order valence-electron chi connectivity index (χ2n) is 8.60. The SMILES string of the molecule is O=C(CCCN1CCCCC1)N1CCC(=C(c2ccccc2)c2ccccc2)CC1. The van der Waals surface area contributed by atoms with Gasteiger partial charge in [0.25, 0.3) is 0 Å². The van der Waals surface area contributed by atoms with Crippen LogP contribution in [0.4, 0.5) is 0 Å². The predicted molar refractivity (Wildman–Crippen MR) is 124 cm³/mol. The summed E-state index contributed by atoms with van der Waals surface area (Å²) in [4.78, 5) is 17.4. The molecule has 2 aliphatic heterocycles. The largest absolute Gasteiger partial charge is 0.342 e. The van der Waals surface area contributed by atoms with Crippen LogP contribution in [0.5, 0.6) is 0 Å². The number of likely N-dealkylation sites (tertiary alicyclic amines) is 2. The van der Waals surface area contributed by atoms with Crippen LogP contribution < -0.4 is 0 Å². The maximum Gasteiger partial charge on any atom is 0.222 e. The first kappa shape index (κ1) is 20.9. The van der Waals surface area contributed by atoms with Crippen molar-refractivity contribution in [3.05, 3.63) is 77.4 Å². The number of nitrogens with zero attached hydrogens (tertiary/aromatic N) is 2. The number of hydrogen-bond acceptors (Lipinski definition) is 2. The van der Waals surface area contributed by atoms with Crippen molar-refractivity contribution in [2.24, 2.45) is 0 Å². The second kappa shape index (κ2) is 10.6. The van der Waals surface area contributed by atoms with Crippen LogP contribution in [0.1, 0.15) is 56.1 Å². The predicted octanol–water partition coefficient (Wildman–Crippen LogP) is 5.38. The normalized spacial score (nSPS) is 17.7. The summed E-state index contributed by atoms with van der Waals surface area (Å²) in [6.45, 7) is 5.21. The molecule has 0 saturated carbocycles. The maximum atomic E-state index is 12.7. The summed E-state index contributed by atoms with van der Waals surface area (Å²) in [7, 11) is 0. The summed E-state index contributed by atoms with van der Waals surface area (Å²) < 4.78 is 0. The van der Waals surface area contributed by atoms with Gasteiger partial charge in [-0.05, 0) is 68.4 Å². The Morgan fingerprint density at radius 3 is 1.87 bits per heavy atom. The molecular weight excluding hydrogens is 368 g/mol.